The van der Waals surface area contributed by atoms with E-state index in [-0.39, 0.29) is 23.6 Å². The van der Waals surface area contributed by atoms with Crippen molar-refractivity contribution in [3.05, 3.63) is 116 Å². The highest BCUT2D eigenvalue weighted by atomic mass is 35.5. The lowest BCUT2D eigenvalue weighted by molar-refractivity contribution is 0.100. The van der Waals surface area contributed by atoms with Crippen LogP contribution < -0.4 is 21.4 Å². The van der Waals surface area contributed by atoms with Crippen LogP contribution in [0, 0.1) is 13.8 Å². The van der Waals surface area contributed by atoms with Crippen LogP contribution in [0.15, 0.2) is 65.8 Å². The van der Waals surface area contributed by atoms with E-state index in [0.717, 1.165) is 41.2 Å². The van der Waals surface area contributed by atoms with Crippen LogP contribution in [0.2, 0.25) is 5.02 Å². The number of amides is 2. The van der Waals surface area contributed by atoms with Crippen LogP contribution >= 0.6 is 11.6 Å². The number of likely N-dealkylation sites (N-methyl/N-ethyl adjacent to an activating group) is 1. The summed E-state index contributed by atoms with van der Waals surface area (Å²) in [5.74, 6) is 0.114. The minimum Gasteiger partial charge on any atom is -0.366 e. The number of imidazole rings is 1. The van der Waals surface area contributed by atoms with Gasteiger partial charge in [0, 0.05) is 79.6 Å². The molecule has 0 aliphatic carbocycles. The number of halogens is 1. The Hall–Kier alpha value is -5.33. The highest BCUT2D eigenvalue weighted by molar-refractivity contribution is 6.36. The van der Waals surface area contributed by atoms with E-state index in [1.165, 1.54) is 18.6 Å². The number of aromatic nitrogens is 5. The SMILES string of the molecule is Cc1cc(NCc2c[nH]c(C(=O)Nc3cccc(-c4cccc(NC(=O)c5nc6c(n5C)CCN(C)C6)c4Cl)c3C)cc2=O)ncn1. The molecule has 0 saturated carbocycles. The summed E-state index contributed by atoms with van der Waals surface area (Å²) in [7, 11) is 3.89. The summed E-state index contributed by atoms with van der Waals surface area (Å²) in [6.07, 6.45) is 3.79. The molecule has 3 aromatic heterocycles. The Morgan fingerprint density at radius 1 is 0.979 bits per heavy atom. The molecular formula is C34H34ClN9O3. The summed E-state index contributed by atoms with van der Waals surface area (Å²) >= 11 is 6.88. The Bertz CT molecular complexity index is 2070. The molecule has 13 heteroatoms. The van der Waals surface area contributed by atoms with E-state index < -0.39 is 5.91 Å². The quantitative estimate of drug-likeness (QED) is 0.184. The number of carbonyl (C=O) groups is 2. The highest BCUT2D eigenvalue weighted by Crippen LogP contribution is 2.37. The maximum absolute atomic E-state index is 13.3. The second-order valence-corrected chi connectivity index (χ2v) is 11.9. The van der Waals surface area contributed by atoms with Gasteiger partial charge >= 0.3 is 0 Å². The standard InChI is InChI=1S/C34H34ClN9O3/c1-19-13-30(39-18-38-19)37-16-21-15-36-26(14-29(21)45)33(46)41-24-9-5-7-22(20(24)2)23-8-6-10-25(31(23)35)42-34(47)32-40-27-17-43(3)12-11-28(27)44(32)4/h5-10,13-15,18H,11-12,16-17H2,1-4H3,(H,36,45)(H,41,46)(H,42,47)(H,37,38,39). The van der Waals surface area contributed by atoms with Crippen molar-refractivity contribution in [2.45, 2.75) is 33.4 Å². The fraction of sp³-hybridized carbons (Fsp3) is 0.235. The number of pyridine rings is 1. The van der Waals surface area contributed by atoms with Crippen molar-refractivity contribution in [3.63, 3.8) is 0 Å². The van der Waals surface area contributed by atoms with Gasteiger partial charge in [0.15, 0.2) is 11.3 Å². The average Bonchev–Trinajstić information content (AvgIpc) is 3.37. The van der Waals surface area contributed by atoms with E-state index in [1.807, 2.05) is 50.7 Å². The Morgan fingerprint density at radius 3 is 2.49 bits per heavy atom. The van der Waals surface area contributed by atoms with E-state index in [4.69, 9.17) is 11.6 Å². The van der Waals surface area contributed by atoms with Gasteiger partial charge in [0.1, 0.15) is 17.8 Å². The summed E-state index contributed by atoms with van der Waals surface area (Å²) < 4.78 is 1.85. The molecule has 0 fully saturated rings. The van der Waals surface area contributed by atoms with Crippen molar-refractivity contribution in [3.8, 4) is 11.1 Å². The zero-order chi connectivity index (χ0) is 33.2. The third kappa shape index (κ3) is 6.64. The summed E-state index contributed by atoms with van der Waals surface area (Å²) in [6, 6.07) is 13.9. The van der Waals surface area contributed by atoms with Crippen molar-refractivity contribution in [2.75, 3.05) is 29.5 Å². The van der Waals surface area contributed by atoms with Crippen LogP contribution in [-0.2, 0) is 26.6 Å². The van der Waals surface area contributed by atoms with E-state index in [9.17, 15) is 14.4 Å². The molecule has 4 N–H and O–H groups in total. The molecule has 0 radical (unpaired) electrons. The van der Waals surface area contributed by atoms with E-state index in [1.54, 1.807) is 24.3 Å². The first-order valence-electron chi connectivity index (χ1n) is 15.1. The fourth-order valence-corrected chi connectivity index (χ4v) is 5.91. The number of hydrogen-bond donors (Lipinski definition) is 4. The number of H-pyrrole nitrogens is 1. The molecule has 1 aliphatic rings. The normalized spacial score (nSPS) is 12.8. The average molecular weight is 652 g/mol. The van der Waals surface area contributed by atoms with Crippen LogP contribution in [0.1, 0.15) is 49.3 Å². The zero-order valence-electron chi connectivity index (χ0n) is 26.4. The van der Waals surface area contributed by atoms with E-state index >= 15 is 0 Å². The molecule has 5 aromatic rings. The van der Waals surface area contributed by atoms with Crippen molar-refractivity contribution < 1.29 is 9.59 Å². The number of nitrogens with one attached hydrogen (secondary N) is 4. The van der Waals surface area contributed by atoms with Crippen LogP contribution in [0.25, 0.3) is 11.1 Å². The number of rotatable bonds is 8. The Labute approximate surface area is 276 Å². The van der Waals surface area contributed by atoms with Crippen LogP contribution in [0.5, 0.6) is 0 Å². The summed E-state index contributed by atoms with van der Waals surface area (Å²) in [4.78, 5) is 57.2. The first-order chi connectivity index (χ1) is 22.6. The Balaban J connectivity index is 1.18. The van der Waals surface area contributed by atoms with Crippen molar-refractivity contribution in [2.24, 2.45) is 7.05 Å². The summed E-state index contributed by atoms with van der Waals surface area (Å²) in [5.41, 5.74) is 6.26. The summed E-state index contributed by atoms with van der Waals surface area (Å²) in [6.45, 7) is 5.56. The molecule has 47 heavy (non-hydrogen) atoms. The maximum atomic E-state index is 13.3. The zero-order valence-corrected chi connectivity index (χ0v) is 27.2. The molecule has 12 nitrogen and oxygen atoms in total. The van der Waals surface area contributed by atoms with Crippen molar-refractivity contribution in [1.29, 1.82) is 0 Å². The lowest BCUT2D eigenvalue weighted by Gasteiger charge is -2.21. The molecule has 2 aromatic carbocycles. The molecule has 2 amide bonds. The second kappa shape index (κ2) is 13.2. The molecule has 240 valence electrons. The first kappa shape index (κ1) is 31.6. The third-order valence-corrected chi connectivity index (χ3v) is 8.68. The van der Waals surface area contributed by atoms with Gasteiger partial charge in [-0.2, -0.15) is 0 Å². The number of nitrogens with zero attached hydrogens (tertiary/aromatic N) is 5. The number of carbonyl (C=O) groups excluding carboxylic acids is 2. The molecule has 0 spiro atoms. The lowest BCUT2D eigenvalue weighted by atomic mass is 9.98. The predicted octanol–water partition coefficient (Wildman–Crippen LogP) is 4.94. The van der Waals surface area contributed by atoms with Gasteiger partial charge in [-0.1, -0.05) is 35.9 Å². The first-order valence-corrected chi connectivity index (χ1v) is 15.4. The topological polar surface area (TPSA) is 150 Å². The summed E-state index contributed by atoms with van der Waals surface area (Å²) in [5, 5.41) is 9.28. The number of fused-ring (bicyclic) bond motifs is 1. The van der Waals surface area contributed by atoms with Gasteiger partial charge in [-0.05, 0) is 44.2 Å². The molecular weight excluding hydrogens is 618 g/mol. The Morgan fingerprint density at radius 2 is 1.72 bits per heavy atom. The molecule has 1 aliphatic heterocycles. The van der Waals surface area contributed by atoms with E-state index in [2.05, 4.69) is 40.8 Å². The van der Waals surface area contributed by atoms with Crippen LogP contribution in [-0.4, -0.2) is 54.8 Å². The number of aromatic amines is 1. The minimum absolute atomic E-state index is 0.117. The third-order valence-electron chi connectivity index (χ3n) is 8.27. The number of aryl methyl sites for hydroxylation is 1. The minimum atomic E-state index is -0.468. The fourth-order valence-electron chi connectivity index (χ4n) is 5.64. The van der Waals surface area contributed by atoms with Crippen LogP contribution in [0.3, 0.4) is 0 Å². The largest absolute Gasteiger partial charge is 0.366 e. The van der Waals surface area contributed by atoms with Gasteiger partial charge in [-0.25, -0.2) is 15.0 Å². The van der Waals surface area contributed by atoms with Crippen molar-refractivity contribution in [1.82, 2.24) is 29.4 Å². The number of anilines is 3. The van der Waals surface area contributed by atoms with Gasteiger partial charge in [0.2, 0.25) is 0 Å². The monoisotopic (exact) mass is 651 g/mol. The molecule has 4 heterocycles. The molecule has 6 rings (SSSR count). The maximum Gasteiger partial charge on any atom is 0.291 e. The molecule has 0 bridgehead atoms. The smallest absolute Gasteiger partial charge is 0.291 e. The number of hydrogen-bond acceptors (Lipinski definition) is 8. The molecule has 0 saturated heterocycles. The lowest BCUT2D eigenvalue weighted by Crippen LogP contribution is -2.27. The van der Waals surface area contributed by atoms with Crippen LogP contribution in [0.4, 0.5) is 17.2 Å². The second-order valence-electron chi connectivity index (χ2n) is 11.6. The predicted molar refractivity (Wildman–Crippen MR) is 182 cm³/mol. The Kier molecular flexibility index (Phi) is 8.88. The van der Waals surface area contributed by atoms with Gasteiger partial charge < -0.3 is 30.4 Å². The highest BCUT2D eigenvalue weighted by Gasteiger charge is 2.25. The van der Waals surface area contributed by atoms with Gasteiger partial charge in [0.25, 0.3) is 11.8 Å². The van der Waals surface area contributed by atoms with Gasteiger partial charge in [0.05, 0.1) is 16.4 Å². The molecule has 0 unspecified atom stereocenters. The van der Waals surface area contributed by atoms with E-state index in [0.29, 0.717) is 45.7 Å². The van der Waals surface area contributed by atoms with Crippen molar-refractivity contribution >= 4 is 40.6 Å². The van der Waals surface area contributed by atoms with Gasteiger partial charge in [-0.15, -0.1) is 0 Å². The molecule has 0 atom stereocenters. The van der Waals surface area contributed by atoms with Gasteiger partial charge in [-0.3, -0.25) is 14.4 Å². The number of benzene rings is 2.